The van der Waals surface area contributed by atoms with E-state index in [-0.39, 0.29) is 29.5 Å². The zero-order valence-corrected chi connectivity index (χ0v) is 15.3. The van der Waals surface area contributed by atoms with E-state index in [4.69, 9.17) is 9.84 Å². The molecule has 0 fully saturated rings. The van der Waals surface area contributed by atoms with Crippen molar-refractivity contribution < 1.29 is 27.9 Å². The lowest BCUT2D eigenvalue weighted by atomic mass is 10.0. The van der Waals surface area contributed by atoms with Crippen LogP contribution in [0.3, 0.4) is 0 Å². The Hall–Kier alpha value is -1.97. The number of methoxy groups -OCH3 is 1. The average Bonchev–Trinajstić information content (AvgIpc) is 2.54. The summed E-state index contributed by atoms with van der Waals surface area (Å²) < 4.78 is 31.2. The second kappa shape index (κ2) is 9.50. The van der Waals surface area contributed by atoms with Crippen LogP contribution in [0.25, 0.3) is 0 Å². The van der Waals surface area contributed by atoms with Crippen molar-refractivity contribution >= 4 is 21.9 Å². The summed E-state index contributed by atoms with van der Waals surface area (Å²) in [6.07, 6.45) is 0.303. The monoisotopic (exact) mass is 372 g/mol. The number of sulfonamides is 1. The topological polar surface area (TPSA) is 122 Å². The predicted octanol–water partition coefficient (Wildman–Crippen LogP) is 0.840. The van der Waals surface area contributed by atoms with E-state index < -0.39 is 27.9 Å². The van der Waals surface area contributed by atoms with Gasteiger partial charge in [0.05, 0.1) is 11.5 Å². The lowest BCUT2D eigenvalue weighted by Crippen LogP contribution is -2.41. The Morgan fingerprint density at radius 1 is 1.20 bits per heavy atom. The van der Waals surface area contributed by atoms with E-state index in [2.05, 4.69) is 10.0 Å². The molecule has 0 saturated heterocycles. The number of carbonyl (C=O) groups is 2. The van der Waals surface area contributed by atoms with E-state index in [9.17, 15) is 18.0 Å². The molecule has 0 heterocycles. The first-order valence-electron chi connectivity index (χ1n) is 7.79. The number of aliphatic carboxylic acids is 1. The van der Waals surface area contributed by atoms with E-state index in [1.165, 1.54) is 31.4 Å². The van der Waals surface area contributed by atoms with E-state index in [1.807, 2.05) is 13.8 Å². The molecule has 0 spiro atoms. The second-order valence-electron chi connectivity index (χ2n) is 5.91. The van der Waals surface area contributed by atoms with Gasteiger partial charge in [0.25, 0.3) is 5.91 Å². The quantitative estimate of drug-likeness (QED) is 0.523. The molecule has 3 N–H and O–H groups in total. The number of carboxylic acids is 1. The van der Waals surface area contributed by atoms with Crippen LogP contribution in [0.1, 0.15) is 30.6 Å². The molecule has 1 rings (SSSR count). The molecule has 1 aromatic rings. The molecule has 0 aliphatic rings. The molecule has 1 amide bonds. The van der Waals surface area contributed by atoms with Gasteiger partial charge >= 0.3 is 5.97 Å². The summed E-state index contributed by atoms with van der Waals surface area (Å²) in [4.78, 5) is 23.4. The molecule has 0 radical (unpaired) electrons. The van der Waals surface area contributed by atoms with Gasteiger partial charge in [-0.3, -0.25) is 4.79 Å². The van der Waals surface area contributed by atoms with Gasteiger partial charge in [-0.25, -0.2) is 17.9 Å². The molecule has 0 aliphatic carbocycles. The highest BCUT2D eigenvalue weighted by Crippen LogP contribution is 2.12. The Balaban J connectivity index is 2.81. The van der Waals surface area contributed by atoms with Gasteiger partial charge in [0.2, 0.25) is 10.0 Å². The fourth-order valence-electron chi connectivity index (χ4n) is 2.08. The van der Waals surface area contributed by atoms with Crippen molar-refractivity contribution in [2.24, 2.45) is 5.92 Å². The fraction of sp³-hybridized carbons (Fsp3) is 0.500. The van der Waals surface area contributed by atoms with Crippen LogP contribution in [0, 0.1) is 5.92 Å². The van der Waals surface area contributed by atoms with Gasteiger partial charge in [-0.15, -0.1) is 0 Å². The smallest absolute Gasteiger partial charge is 0.326 e. The summed E-state index contributed by atoms with van der Waals surface area (Å²) in [5.74, 6) is -1.57. The first kappa shape index (κ1) is 21.1. The van der Waals surface area contributed by atoms with Crippen molar-refractivity contribution in [1.29, 1.82) is 0 Å². The molecule has 0 aromatic heterocycles. The van der Waals surface area contributed by atoms with E-state index in [0.29, 0.717) is 6.42 Å². The van der Waals surface area contributed by atoms with Crippen LogP contribution >= 0.6 is 0 Å². The van der Waals surface area contributed by atoms with Gasteiger partial charge in [-0.2, -0.15) is 0 Å². The number of ether oxygens (including phenoxy) is 1. The Morgan fingerprint density at radius 3 is 2.28 bits per heavy atom. The molecule has 1 aromatic carbocycles. The molecule has 0 aliphatic heterocycles. The fourth-order valence-corrected chi connectivity index (χ4v) is 3.09. The third-order valence-electron chi connectivity index (χ3n) is 3.34. The lowest BCUT2D eigenvalue weighted by molar-refractivity contribution is -0.139. The zero-order valence-electron chi connectivity index (χ0n) is 14.5. The van der Waals surface area contributed by atoms with Gasteiger partial charge in [0.15, 0.2) is 0 Å². The maximum absolute atomic E-state index is 12.2. The minimum absolute atomic E-state index is 0.0112. The van der Waals surface area contributed by atoms with Crippen molar-refractivity contribution in [3.8, 4) is 0 Å². The number of carbonyl (C=O) groups excluding carboxylic acids is 1. The molecular formula is C16H24N2O6S. The van der Waals surface area contributed by atoms with E-state index >= 15 is 0 Å². The number of hydrogen-bond acceptors (Lipinski definition) is 5. The van der Waals surface area contributed by atoms with Crippen LogP contribution < -0.4 is 10.0 Å². The van der Waals surface area contributed by atoms with Gasteiger partial charge < -0.3 is 15.2 Å². The first-order chi connectivity index (χ1) is 11.7. The lowest BCUT2D eigenvalue weighted by Gasteiger charge is -2.16. The molecule has 0 bridgehead atoms. The normalized spacial score (nSPS) is 12.8. The van der Waals surface area contributed by atoms with Crippen molar-refractivity contribution in [2.45, 2.75) is 31.2 Å². The highest BCUT2D eigenvalue weighted by molar-refractivity contribution is 7.89. The maximum atomic E-state index is 12.2. The number of benzene rings is 1. The minimum Gasteiger partial charge on any atom is -0.480 e. The molecule has 25 heavy (non-hydrogen) atoms. The maximum Gasteiger partial charge on any atom is 0.326 e. The van der Waals surface area contributed by atoms with E-state index in [0.717, 1.165) is 0 Å². The van der Waals surface area contributed by atoms with Gasteiger partial charge in [-0.05, 0) is 36.6 Å². The summed E-state index contributed by atoms with van der Waals surface area (Å²) in [5, 5.41) is 11.6. The van der Waals surface area contributed by atoms with Crippen LogP contribution in [0.2, 0.25) is 0 Å². The summed E-state index contributed by atoms with van der Waals surface area (Å²) in [6, 6.07) is 4.28. The van der Waals surface area contributed by atoms with Gasteiger partial charge in [0.1, 0.15) is 6.04 Å². The van der Waals surface area contributed by atoms with Gasteiger partial charge in [0, 0.05) is 19.2 Å². The largest absolute Gasteiger partial charge is 0.480 e. The highest BCUT2D eigenvalue weighted by atomic mass is 32.2. The molecule has 0 saturated carbocycles. The van der Waals surface area contributed by atoms with Crippen molar-refractivity contribution in [2.75, 3.05) is 20.3 Å². The Bertz CT molecular complexity index is 685. The minimum atomic E-state index is -3.68. The molecule has 140 valence electrons. The Kier molecular flexibility index (Phi) is 8.01. The van der Waals surface area contributed by atoms with Crippen LogP contribution in [-0.4, -0.2) is 51.7 Å². The van der Waals surface area contributed by atoms with Crippen molar-refractivity contribution in [3.05, 3.63) is 29.8 Å². The SMILES string of the molecule is COCCNS(=O)(=O)c1ccc(C(=O)NC(CC(C)C)C(=O)O)cc1. The van der Waals surface area contributed by atoms with Crippen LogP contribution in [0.15, 0.2) is 29.2 Å². The number of nitrogens with one attached hydrogen (secondary N) is 2. The third kappa shape index (κ3) is 6.81. The predicted molar refractivity (Wildman–Crippen MR) is 91.9 cm³/mol. The van der Waals surface area contributed by atoms with E-state index in [1.54, 1.807) is 0 Å². The van der Waals surface area contributed by atoms with Crippen molar-refractivity contribution in [1.82, 2.24) is 10.0 Å². The zero-order chi connectivity index (χ0) is 19.0. The second-order valence-corrected chi connectivity index (χ2v) is 7.68. The molecule has 1 unspecified atom stereocenters. The van der Waals surface area contributed by atoms with Crippen molar-refractivity contribution in [3.63, 3.8) is 0 Å². The molecule has 8 nitrogen and oxygen atoms in total. The average molecular weight is 372 g/mol. The molecule has 9 heteroatoms. The third-order valence-corrected chi connectivity index (χ3v) is 4.81. The number of hydrogen-bond donors (Lipinski definition) is 3. The van der Waals surface area contributed by atoms with Crippen LogP contribution in [-0.2, 0) is 19.6 Å². The Labute approximate surface area is 147 Å². The number of rotatable bonds is 10. The highest BCUT2D eigenvalue weighted by Gasteiger charge is 2.22. The molecule has 1 atom stereocenters. The van der Waals surface area contributed by atoms with Crippen LogP contribution in [0.4, 0.5) is 0 Å². The number of amides is 1. The van der Waals surface area contributed by atoms with Gasteiger partial charge in [-0.1, -0.05) is 13.8 Å². The first-order valence-corrected chi connectivity index (χ1v) is 9.28. The summed E-state index contributed by atoms with van der Waals surface area (Å²) in [5.41, 5.74) is 0.186. The van der Waals surface area contributed by atoms with Crippen LogP contribution in [0.5, 0.6) is 0 Å². The summed E-state index contributed by atoms with van der Waals surface area (Å²) in [7, 11) is -2.22. The summed E-state index contributed by atoms with van der Waals surface area (Å²) >= 11 is 0. The number of carboxylic acid groups (broad SMARTS) is 1. The molecular weight excluding hydrogens is 348 g/mol. The summed E-state index contributed by atoms with van der Waals surface area (Å²) in [6.45, 7) is 4.10. The standard InChI is InChI=1S/C16H24N2O6S/c1-11(2)10-14(16(20)21)18-15(19)12-4-6-13(7-5-12)25(22,23)17-8-9-24-3/h4-7,11,14,17H,8-10H2,1-3H3,(H,18,19)(H,20,21). The Morgan fingerprint density at radius 2 is 1.80 bits per heavy atom.